The van der Waals surface area contributed by atoms with E-state index in [1.165, 1.54) is 0 Å². The average Bonchev–Trinajstić information content (AvgIpc) is 3.15. The highest BCUT2D eigenvalue weighted by molar-refractivity contribution is 7.09. The molecule has 0 saturated heterocycles. The van der Waals surface area contributed by atoms with E-state index < -0.39 is 0 Å². The van der Waals surface area contributed by atoms with E-state index in [9.17, 15) is 4.79 Å². The molecule has 0 spiro atoms. The van der Waals surface area contributed by atoms with Gasteiger partial charge in [0.15, 0.2) is 0 Å². The third-order valence-electron chi connectivity index (χ3n) is 3.17. The van der Waals surface area contributed by atoms with Gasteiger partial charge in [0.2, 0.25) is 0 Å². The lowest BCUT2D eigenvalue weighted by molar-refractivity contribution is 0.0726. The van der Waals surface area contributed by atoms with Crippen LogP contribution in [0.2, 0.25) is 10.2 Å². The predicted octanol–water partition coefficient (Wildman–Crippen LogP) is 4.25. The number of amides is 1. The van der Waals surface area contributed by atoms with Crippen molar-refractivity contribution in [2.75, 3.05) is 0 Å². The van der Waals surface area contributed by atoms with Crippen molar-refractivity contribution in [2.45, 2.75) is 25.4 Å². The van der Waals surface area contributed by atoms with E-state index in [2.05, 4.69) is 4.98 Å². The van der Waals surface area contributed by atoms with E-state index in [1.54, 1.807) is 23.5 Å². The van der Waals surface area contributed by atoms with Crippen LogP contribution >= 0.6 is 34.5 Å². The molecule has 104 valence electrons. The van der Waals surface area contributed by atoms with Gasteiger partial charge in [0, 0.05) is 10.9 Å². The zero-order valence-electron chi connectivity index (χ0n) is 10.6. The van der Waals surface area contributed by atoms with Crippen molar-refractivity contribution in [3.05, 3.63) is 50.4 Å². The average molecular weight is 327 g/mol. The van der Waals surface area contributed by atoms with E-state index in [0.29, 0.717) is 17.6 Å². The van der Waals surface area contributed by atoms with Gasteiger partial charge in [-0.15, -0.1) is 11.3 Å². The highest BCUT2D eigenvalue weighted by atomic mass is 35.5. The number of nitrogens with zero attached hydrogens (tertiary/aromatic N) is 2. The summed E-state index contributed by atoms with van der Waals surface area (Å²) in [5.74, 6) is -0.145. The summed E-state index contributed by atoms with van der Waals surface area (Å²) < 4.78 is 0. The van der Waals surface area contributed by atoms with E-state index >= 15 is 0 Å². The fraction of sp³-hybridized carbons (Fsp3) is 0.286. The second-order valence-corrected chi connectivity index (χ2v) is 6.53. The zero-order valence-corrected chi connectivity index (χ0v) is 12.9. The Balaban J connectivity index is 1.87. The van der Waals surface area contributed by atoms with Gasteiger partial charge in [-0.1, -0.05) is 29.3 Å². The van der Waals surface area contributed by atoms with Crippen molar-refractivity contribution < 1.29 is 4.79 Å². The molecule has 0 aromatic carbocycles. The van der Waals surface area contributed by atoms with Gasteiger partial charge in [-0.05, 0) is 36.4 Å². The summed E-state index contributed by atoms with van der Waals surface area (Å²) in [6.45, 7) is 0.603. The number of carbonyl (C=O) groups is 1. The van der Waals surface area contributed by atoms with E-state index in [4.69, 9.17) is 23.2 Å². The Morgan fingerprint density at radius 3 is 2.80 bits per heavy atom. The topological polar surface area (TPSA) is 33.2 Å². The minimum atomic E-state index is -0.145. The van der Waals surface area contributed by atoms with Crippen LogP contribution in [0.3, 0.4) is 0 Å². The second kappa shape index (κ2) is 5.72. The molecule has 1 aliphatic carbocycles. The summed E-state index contributed by atoms with van der Waals surface area (Å²) in [6.07, 6.45) is 2.07. The number of hydrogen-bond acceptors (Lipinski definition) is 3. The maximum absolute atomic E-state index is 12.7. The summed E-state index contributed by atoms with van der Waals surface area (Å²) in [4.78, 5) is 19.7. The third kappa shape index (κ3) is 2.97. The van der Waals surface area contributed by atoms with E-state index in [1.807, 2.05) is 22.4 Å². The molecule has 0 radical (unpaired) electrons. The van der Waals surface area contributed by atoms with Crippen molar-refractivity contribution in [3.63, 3.8) is 0 Å². The van der Waals surface area contributed by atoms with Crippen LogP contribution in [0.1, 0.15) is 28.2 Å². The van der Waals surface area contributed by atoms with Crippen LogP contribution in [-0.4, -0.2) is 21.8 Å². The molecule has 0 N–H and O–H groups in total. The molecule has 1 fully saturated rings. The van der Waals surface area contributed by atoms with Gasteiger partial charge in [0.25, 0.3) is 5.91 Å². The van der Waals surface area contributed by atoms with Gasteiger partial charge in [0.1, 0.15) is 10.8 Å². The Kier molecular flexibility index (Phi) is 3.96. The smallest absolute Gasteiger partial charge is 0.274 e. The second-order valence-electron chi connectivity index (χ2n) is 4.71. The van der Waals surface area contributed by atoms with Crippen LogP contribution in [0, 0.1) is 0 Å². The molecule has 20 heavy (non-hydrogen) atoms. The summed E-state index contributed by atoms with van der Waals surface area (Å²) in [5, 5.41) is 2.64. The highest BCUT2D eigenvalue weighted by Gasteiger charge is 2.34. The van der Waals surface area contributed by atoms with Crippen LogP contribution in [0.5, 0.6) is 0 Å². The van der Waals surface area contributed by atoms with Crippen LogP contribution in [0.4, 0.5) is 0 Å². The lowest BCUT2D eigenvalue weighted by atomic mass is 10.3. The maximum atomic E-state index is 12.7. The number of pyridine rings is 1. The minimum absolute atomic E-state index is 0.145. The summed E-state index contributed by atoms with van der Waals surface area (Å²) >= 11 is 13.6. The first-order chi connectivity index (χ1) is 9.65. The van der Waals surface area contributed by atoms with E-state index in [-0.39, 0.29) is 16.8 Å². The summed E-state index contributed by atoms with van der Waals surface area (Å²) in [7, 11) is 0. The Bertz CT molecular complexity index is 626. The molecule has 2 aromatic heterocycles. The Morgan fingerprint density at radius 2 is 2.15 bits per heavy atom. The maximum Gasteiger partial charge on any atom is 0.274 e. The fourth-order valence-electron chi connectivity index (χ4n) is 2.03. The molecule has 1 amide bonds. The van der Waals surface area contributed by atoms with Crippen molar-refractivity contribution in [1.82, 2.24) is 9.88 Å². The quantitative estimate of drug-likeness (QED) is 0.787. The first-order valence-corrected chi connectivity index (χ1v) is 7.94. The van der Waals surface area contributed by atoms with Gasteiger partial charge in [-0.3, -0.25) is 4.79 Å². The fourth-order valence-corrected chi connectivity index (χ4v) is 3.06. The van der Waals surface area contributed by atoms with Gasteiger partial charge >= 0.3 is 0 Å². The number of halogens is 2. The Morgan fingerprint density at radius 1 is 1.35 bits per heavy atom. The van der Waals surface area contributed by atoms with Gasteiger partial charge in [-0.2, -0.15) is 0 Å². The normalized spacial score (nSPS) is 14.3. The van der Waals surface area contributed by atoms with Crippen molar-refractivity contribution in [2.24, 2.45) is 0 Å². The summed E-state index contributed by atoms with van der Waals surface area (Å²) in [6, 6.07) is 7.50. The summed E-state index contributed by atoms with van der Waals surface area (Å²) in [5.41, 5.74) is 0.239. The monoisotopic (exact) mass is 326 g/mol. The predicted molar refractivity (Wildman–Crippen MR) is 81.5 cm³/mol. The Labute approximate surface area is 131 Å². The van der Waals surface area contributed by atoms with Crippen molar-refractivity contribution in [3.8, 4) is 0 Å². The number of carbonyl (C=O) groups excluding carboxylic acids is 1. The molecule has 2 aromatic rings. The molecule has 1 aliphatic rings. The largest absolute Gasteiger partial charge is 0.329 e. The van der Waals surface area contributed by atoms with Crippen molar-refractivity contribution in [1.29, 1.82) is 0 Å². The van der Waals surface area contributed by atoms with Crippen molar-refractivity contribution >= 4 is 40.4 Å². The SMILES string of the molecule is O=C(c1nc(Cl)ccc1Cl)N(Cc1cccs1)C1CC1. The lowest BCUT2D eigenvalue weighted by Crippen LogP contribution is -2.33. The Hall–Kier alpha value is -1.10. The molecule has 3 rings (SSSR count). The first kappa shape index (κ1) is 13.9. The molecule has 0 unspecified atom stereocenters. The van der Waals surface area contributed by atoms with Crippen LogP contribution < -0.4 is 0 Å². The molecule has 0 aliphatic heterocycles. The highest BCUT2D eigenvalue weighted by Crippen LogP contribution is 2.31. The molecular formula is C14H12Cl2N2OS. The number of aromatic nitrogens is 1. The molecule has 6 heteroatoms. The molecular weight excluding hydrogens is 315 g/mol. The third-order valence-corrected chi connectivity index (χ3v) is 4.55. The molecule has 3 nitrogen and oxygen atoms in total. The van der Waals surface area contributed by atoms with Crippen LogP contribution in [0.25, 0.3) is 0 Å². The molecule has 0 bridgehead atoms. The first-order valence-electron chi connectivity index (χ1n) is 6.30. The standard InChI is InChI=1S/C14H12Cl2N2OS/c15-11-5-6-12(16)17-13(11)14(19)18(9-3-4-9)8-10-2-1-7-20-10/h1-2,5-7,9H,3-4,8H2. The number of thiophene rings is 1. The minimum Gasteiger partial charge on any atom is -0.329 e. The van der Waals surface area contributed by atoms with Crippen LogP contribution in [0.15, 0.2) is 29.6 Å². The van der Waals surface area contributed by atoms with Gasteiger partial charge in [-0.25, -0.2) is 4.98 Å². The van der Waals surface area contributed by atoms with Gasteiger partial charge < -0.3 is 4.90 Å². The molecule has 2 heterocycles. The zero-order chi connectivity index (χ0) is 14.1. The molecule has 1 saturated carbocycles. The van der Waals surface area contributed by atoms with Crippen LogP contribution in [-0.2, 0) is 6.54 Å². The lowest BCUT2D eigenvalue weighted by Gasteiger charge is -2.21. The number of rotatable bonds is 4. The van der Waals surface area contributed by atoms with Gasteiger partial charge in [0.05, 0.1) is 11.6 Å². The van der Waals surface area contributed by atoms with E-state index in [0.717, 1.165) is 17.7 Å². The number of hydrogen-bond donors (Lipinski definition) is 0. The molecule has 0 atom stereocenters.